The second-order valence-electron chi connectivity index (χ2n) is 5.15. The Balaban J connectivity index is 2.31. The zero-order valence-corrected chi connectivity index (χ0v) is 13.5. The minimum absolute atomic E-state index is 0.0128. The van der Waals surface area contributed by atoms with Crippen molar-refractivity contribution >= 4 is 28.7 Å². The van der Waals surface area contributed by atoms with Gasteiger partial charge in [0.2, 0.25) is 0 Å². The van der Waals surface area contributed by atoms with Gasteiger partial charge in [-0.1, -0.05) is 31.5 Å². The van der Waals surface area contributed by atoms with Crippen LogP contribution >= 0.6 is 11.6 Å². The maximum Gasteiger partial charge on any atom is 0.271 e. The van der Waals surface area contributed by atoms with Gasteiger partial charge in [-0.3, -0.25) is 10.1 Å². The fraction of sp³-hybridized carbons (Fsp3) is 0.250. The molecule has 0 amide bonds. The van der Waals surface area contributed by atoms with E-state index in [1.54, 1.807) is 12.1 Å². The van der Waals surface area contributed by atoms with E-state index >= 15 is 0 Å². The van der Waals surface area contributed by atoms with Crippen molar-refractivity contribution in [3.05, 3.63) is 57.1 Å². The van der Waals surface area contributed by atoms with Crippen molar-refractivity contribution in [2.24, 2.45) is 10.2 Å². The second kappa shape index (κ2) is 7.19. The third-order valence-electron chi connectivity index (χ3n) is 3.59. The van der Waals surface area contributed by atoms with Crippen LogP contribution < -0.4 is 0 Å². The summed E-state index contributed by atoms with van der Waals surface area (Å²) in [5.74, 6) is 0.353. The molecule has 0 aliphatic heterocycles. The lowest BCUT2D eigenvalue weighted by atomic mass is 9.98. The van der Waals surface area contributed by atoms with Crippen LogP contribution in [0.15, 0.2) is 46.6 Å². The Bertz CT molecular complexity index is 762. The highest BCUT2D eigenvalue weighted by atomic mass is 35.5. The summed E-state index contributed by atoms with van der Waals surface area (Å²) in [6.45, 7) is 4.16. The van der Waals surface area contributed by atoms with Gasteiger partial charge in [-0.25, -0.2) is 0 Å². The summed E-state index contributed by atoms with van der Waals surface area (Å²) in [6.07, 6.45) is 0.968. The molecule has 2 aromatic carbocycles. The lowest BCUT2D eigenvalue weighted by Gasteiger charge is -2.09. The molecule has 0 bridgehead atoms. The number of phenolic OH excluding ortho intramolecular Hbond substituents is 1. The number of aromatic hydroxyl groups is 1. The summed E-state index contributed by atoms with van der Waals surface area (Å²) in [4.78, 5) is 10.1. The number of rotatable bonds is 5. The van der Waals surface area contributed by atoms with E-state index in [9.17, 15) is 15.2 Å². The number of nitrogens with zero attached hydrogens (tertiary/aromatic N) is 3. The van der Waals surface area contributed by atoms with Crippen molar-refractivity contribution in [3.8, 4) is 5.75 Å². The number of azo groups is 1. The molecule has 0 heterocycles. The first-order valence-electron chi connectivity index (χ1n) is 7.11. The molecule has 0 fully saturated rings. The molecular weight excluding hydrogens is 318 g/mol. The van der Waals surface area contributed by atoms with Gasteiger partial charge in [0.1, 0.15) is 17.1 Å². The Morgan fingerprint density at radius 1 is 1.22 bits per heavy atom. The van der Waals surface area contributed by atoms with Gasteiger partial charge in [0, 0.05) is 12.1 Å². The Morgan fingerprint density at radius 3 is 2.52 bits per heavy atom. The molecule has 7 heteroatoms. The van der Waals surface area contributed by atoms with Crippen LogP contribution in [0.3, 0.4) is 0 Å². The molecule has 1 N–H and O–H groups in total. The first-order valence-corrected chi connectivity index (χ1v) is 7.48. The van der Waals surface area contributed by atoms with Crippen molar-refractivity contribution in [3.63, 3.8) is 0 Å². The molecule has 120 valence electrons. The van der Waals surface area contributed by atoms with Crippen LogP contribution in [0.4, 0.5) is 17.1 Å². The van der Waals surface area contributed by atoms with E-state index in [1.165, 1.54) is 18.2 Å². The fourth-order valence-electron chi connectivity index (χ4n) is 1.96. The number of phenols is 1. The van der Waals surface area contributed by atoms with Crippen molar-refractivity contribution in [1.29, 1.82) is 0 Å². The van der Waals surface area contributed by atoms with Crippen molar-refractivity contribution in [1.82, 2.24) is 0 Å². The van der Waals surface area contributed by atoms with Gasteiger partial charge in [0.25, 0.3) is 5.69 Å². The topological polar surface area (TPSA) is 88.1 Å². The monoisotopic (exact) mass is 333 g/mol. The Morgan fingerprint density at radius 2 is 1.91 bits per heavy atom. The molecule has 0 saturated heterocycles. The standard InChI is InChI=1S/C16H16ClN3O3/c1-3-10(2)11-4-7-16(21)15(8-11)19-18-14-6-5-12(20(22)23)9-13(14)17/h4-10,21H,3H2,1-2H3. The highest BCUT2D eigenvalue weighted by Crippen LogP contribution is 2.34. The van der Waals surface area contributed by atoms with Gasteiger partial charge >= 0.3 is 0 Å². The van der Waals surface area contributed by atoms with Gasteiger partial charge in [-0.2, -0.15) is 0 Å². The second-order valence-corrected chi connectivity index (χ2v) is 5.56. The fourth-order valence-corrected chi connectivity index (χ4v) is 2.17. The number of halogens is 1. The highest BCUT2D eigenvalue weighted by Gasteiger charge is 2.10. The minimum Gasteiger partial charge on any atom is -0.506 e. The van der Waals surface area contributed by atoms with Crippen LogP contribution in [0, 0.1) is 10.1 Å². The number of nitro groups is 1. The zero-order valence-electron chi connectivity index (χ0n) is 12.7. The van der Waals surface area contributed by atoms with E-state index < -0.39 is 4.92 Å². The predicted octanol–water partition coefficient (Wildman–Crippen LogP) is 5.88. The summed E-state index contributed by atoms with van der Waals surface area (Å²) in [7, 11) is 0. The summed E-state index contributed by atoms with van der Waals surface area (Å²) < 4.78 is 0. The largest absolute Gasteiger partial charge is 0.506 e. The Kier molecular flexibility index (Phi) is 5.28. The van der Waals surface area contributed by atoms with Crippen LogP contribution in [0.25, 0.3) is 0 Å². The lowest BCUT2D eigenvalue weighted by molar-refractivity contribution is -0.384. The molecule has 6 nitrogen and oxygen atoms in total. The van der Waals surface area contributed by atoms with Crippen molar-refractivity contribution in [2.45, 2.75) is 26.2 Å². The van der Waals surface area contributed by atoms with Crippen molar-refractivity contribution in [2.75, 3.05) is 0 Å². The van der Waals surface area contributed by atoms with Crippen LogP contribution in [0.1, 0.15) is 31.7 Å². The molecule has 0 saturated carbocycles. The average Bonchev–Trinajstić information content (AvgIpc) is 2.54. The summed E-state index contributed by atoms with van der Waals surface area (Å²) in [6, 6.07) is 9.13. The van der Waals surface area contributed by atoms with E-state index in [0.29, 0.717) is 17.3 Å². The number of nitro benzene ring substituents is 1. The van der Waals surface area contributed by atoms with Gasteiger partial charge in [0.05, 0.1) is 9.95 Å². The third-order valence-corrected chi connectivity index (χ3v) is 3.89. The maximum absolute atomic E-state index is 10.7. The zero-order chi connectivity index (χ0) is 17.0. The SMILES string of the molecule is CCC(C)c1ccc(O)c(N=Nc2ccc([N+](=O)[O-])cc2Cl)c1. The molecule has 0 aromatic heterocycles. The molecule has 1 atom stereocenters. The summed E-state index contributed by atoms with van der Waals surface area (Å²) >= 11 is 5.96. The number of non-ortho nitro benzene ring substituents is 1. The summed E-state index contributed by atoms with van der Waals surface area (Å²) in [5.41, 5.74) is 1.56. The average molecular weight is 334 g/mol. The number of hydrogen-bond acceptors (Lipinski definition) is 5. The Hall–Kier alpha value is -2.47. The van der Waals surface area contributed by atoms with Crippen LogP contribution in [-0.2, 0) is 0 Å². The number of benzene rings is 2. The highest BCUT2D eigenvalue weighted by molar-refractivity contribution is 6.33. The Labute approximate surface area is 138 Å². The third kappa shape index (κ3) is 4.04. The van der Waals surface area contributed by atoms with Crippen LogP contribution in [-0.4, -0.2) is 10.0 Å². The smallest absolute Gasteiger partial charge is 0.271 e. The van der Waals surface area contributed by atoms with Gasteiger partial charge in [-0.05, 0) is 36.1 Å². The van der Waals surface area contributed by atoms with Gasteiger partial charge in [-0.15, -0.1) is 10.2 Å². The molecule has 1 unspecified atom stereocenters. The predicted molar refractivity (Wildman–Crippen MR) is 89.1 cm³/mol. The summed E-state index contributed by atoms with van der Waals surface area (Å²) in [5, 5.41) is 28.7. The quantitative estimate of drug-likeness (QED) is 0.420. The first kappa shape index (κ1) is 16.9. The van der Waals surface area contributed by atoms with E-state index in [1.807, 2.05) is 6.07 Å². The van der Waals surface area contributed by atoms with Crippen molar-refractivity contribution < 1.29 is 10.0 Å². The molecule has 0 aliphatic carbocycles. The van der Waals surface area contributed by atoms with E-state index in [0.717, 1.165) is 12.0 Å². The molecule has 0 radical (unpaired) electrons. The molecule has 2 aromatic rings. The first-order chi connectivity index (χ1) is 10.9. The van der Waals surface area contributed by atoms with E-state index in [2.05, 4.69) is 24.1 Å². The van der Waals surface area contributed by atoms with Crippen LogP contribution in [0.5, 0.6) is 5.75 Å². The van der Waals surface area contributed by atoms with Gasteiger partial charge < -0.3 is 5.11 Å². The lowest BCUT2D eigenvalue weighted by Crippen LogP contribution is -1.90. The van der Waals surface area contributed by atoms with E-state index in [-0.39, 0.29) is 16.5 Å². The maximum atomic E-state index is 10.7. The molecule has 23 heavy (non-hydrogen) atoms. The molecule has 0 spiro atoms. The molecule has 2 rings (SSSR count). The van der Waals surface area contributed by atoms with E-state index in [4.69, 9.17) is 11.6 Å². The molecule has 0 aliphatic rings. The normalized spacial score (nSPS) is 12.5. The molecular formula is C16H16ClN3O3. The van der Waals surface area contributed by atoms with Crippen LogP contribution in [0.2, 0.25) is 5.02 Å². The minimum atomic E-state index is -0.533. The number of hydrogen-bond donors (Lipinski definition) is 1. The van der Waals surface area contributed by atoms with Gasteiger partial charge in [0.15, 0.2) is 0 Å².